The van der Waals surface area contributed by atoms with Crippen LogP contribution in [0.15, 0.2) is 6.20 Å². The van der Waals surface area contributed by atoms with E-state index in [0.717, 1.165) is 11.6 Å². The van der Waals surface area contributed by atoms with Gasteiger partial charge in [-0.05, 0) is 20.8 Å². The quantitative estimate of drug-likeness (QED) is 0.862. The highest BCUT2D eigenvalue weighted by Crippen LogP contribution is 2.19. The lowest BCUT2D eigenvalue weighted by atomic mass is 10.3. The number of thiazole rings is 1. The molecule has 3 atom stereocenters. The minimum Gasteiger partial charge on any atom is -0.308 e. The van der Waals surface area contributed by atoms with Gasteiger partial charge in [-0.15, -0.1) is 11.3 Å². The Morgan fingerprint density at radius 1 is 1.60 bits per heavy atom. The summed E-state index contributed by atoms with van der Waals surface area (Å²) in [6.45, 7) is 6.89. The molecule has 0 aliphatic rings. The Morgan fingerprint density at radius 3 is 2.73 bits per heavy atom. The van der Waals surface area contributed by atoms with Gasteiger partial charge in [0.2, 0.25) is 0 Å². The number of hydrogen-bond donors (Lipinski definition) is 1. The third-order valence-corrected chi connectivity index (χ3v) is 4.74. The molecule has 0 aliphatic heterocycles. The molecule has 1 aromatic heterocycles. The van der Waals surface area contributed by atoms with E-state index >= 15 is 0 Å². The zero-order valence-corrected chi connectivity index (χ0v) is 11.2. The molecule has 1 heterocycles. The fraction of sp³-hybridized carbons (Fsp3) is 0.700. The second-order valence-corrected chi connectivity index (χ2v) is 6.79. The topological polar surface area (TPSA) is 42.0 Å². The van der Waals surface area contributed by atoms with Gasteiger partial charge in [0.15, 0.2) is 0 Å². The highest BCUT2D eigenvalue weighted by Gasteiger charge is 2.11. The molecular formula is C10H18N2OS2. The van der Waals surface area contributed by atoms with Crippen LogP contribution in [0.1, 0.15) is 29.8 Å². The normalized spacial score (nSPS) is 17.3. The Bertz CT molecular complexity index is 338. The first-order chi connectivity index (χ1) is 7.00. The van der Waals surface area contributed by atoms with Gasteiger partial charge in [0.05, 0.1) is 5.01 Å². The third kappa shape index (κ3) is 4.01. The van der Waals surface area contributed by atoms with Gasteiger partial charge in [-0.1, -0.05) is 0 Å². The summed E-state index contributed by atoms with van der Waals surface area (Å²) in [6.07, 6.45) is 3.65. The molecule has 0 saturated heterocycles. The zero-order valence-electron chi connectivity index (χ0n) is 9.61. The van der Waals surface area contributed by atoms with Gasteiger partial charge in [-0.3, -0.25) is 4.21 Å². The molecule has 3 unspecified atom stereocenters. The summed E-state index contributed by atoms with van der Waals surface area (Å²) < 4.78 is 11.2. The van der Waals surface area contributed by atoms with E-state index in [9.17, 15) is 4.21 Å². The van der Waals surface area contributed by atoms with Crippen molar-refractivity contribution in [1.82, 2.24) is 10.3 Å². The van der Waals surface area contributed by atoms with E-state index in [2.05, 4.69) is 17.2 Å². The maximum absolute atomic E-state index is 11.2. The van der Waals surface area contributed by atoms with Crippen LogP contribution in [0.5, 0.6) is 0 Å². The SMILES string of the molecule is Cc1ncc(C(C)NCC(C)S(C)=O)s1. The second-order valence-electron chi connectivity index (χ2n) is 3.72. The maximum Gasteiger partial charge on any atom is 0.0897 e. The number of nitrogens with one attached hydrogen (secondary N) is 1. The van der Waals surface area contributed by atoms with Crippen LogP contribution in [-0.2, 0) is 10.8 Å². The predicted molar refractivity (Wildman–Crippen MR) is 66.8 cm³/mol. The Morgan fingerprint density at radius 2 is 2.27 bits per heavy atom. The summed E-state index contributed by atoms with van der Waals surface area (Å²) in [7, 11) is -0.753. The van der Waals surface area contributed by atoms with Crippen LogP contribution in [0.2, 0.25) is 0 Å². The highest BCUT2D eigenvalue weighted by molar-refractivity contribution is 7.84. The van der Waals surface area contributed by atoms with Crippen LogP contribution < -0.4 is 5.32 Å². The van der Waals surface area contributed by atoms with Gasteiger partial charge in [-0.2, -0.15) is 0 Å². The van der Waals surface area contributed by atoms with Gasteiger partial charge in [0.1, 0.15) is 0 Å². The average molecular weight is 246 g/mol. The smallest absolute Gasteiger partial charge is 0.0897 e. The molecular weight excluding hydrogens is 228 g/mol. The van der Waals surface area contributed by atoms with Crippen molar-refractivity contribution in [2.24, 2.45) is 0 Å². The second kappa shape index (κ2) is 5.72. The van der Waals surface area contributed by atoms with Crippen molar-refractivity contribution in [2.45, 2.75) is 32.1 Å². The van der Waals surface area contributed by atoms with E-state index in [0.29, 0.717) is 6.04 Å². The lowest BCUT2D eigenvalue weighted by Gasteiger charge is -2.14. The van der Waals surface area contributed by atoms with Crippen LogP contribution in [0.25, 0.3) is 0 Å². The number of hydrogen-bond acceptors (Lipinski definition) is 4. The number of rotatable bonds is 5. The van der Waals surface area contributed by atoms with Crippen LogP contribution in [0.4, 0.5) is 0 Å². The molecule has 0 aliphatic carbocycles. The Kier molecular flexibility index (Phi) is 4.89. The van der Waals surface area contributed by atoms with Crippen LogP contribution >= 0.6 is 11.3 Å². The van der Waals surface area contributed by atoms with Crippen molar-refractivity contribution in [2.75, 3.05) is 12.8 Å². The lowest BCUT2D eigenvalue weighted by molar-refractivity contribution is 0.575. The summed E-state index contributed by atoms with van der Waals surface area (Å²) in [6, 6.07) is 0.294. The average Bonchev–Trinajstić information content (AvgIpc) is 2.60. The predicted octanol–water partition coefficient (Wildman–Crippen LogP) is 1.87. The number of aryl methyl sites for hydroxylation is 1. The first-order valence-electron chi connectivity index (χ1n) is 4.98. The Labute approximate surface area is 97.8 Å². The molecule has 15 heavy (non-hydrogen) atoms. The lowest BCUT2D eigenvalue weighted by Crippen LogP contribution is -2.29. The van der Waals surface area contributed by atoms with E-state index < -0.39 is 10.8 Å². The van der Waals surface area contributed by atoms with Crippen LogP contribution in [0, 0.1) is 6.92 Å². The minimum absolute atomic E-state index is 0.196. The molecule has 0 saturated carbocycles. The van der Waals surface area contributed by atoms with Gasteiger partial charge in [0.25, 0.3) is 0 Å². The van der Waals surface area contributed by atoms with Crippen molar-refractivity contribution >= 4 is 22.1 Å². The molecule has 86 valence electrons. The summed E-state index contributed by atoms with van der Waals surface area (Å²) >= 11 is 1.71. The highest BCUT2D eigenvalue weighted by atomic mass is 32.2. The van der Waals surface area contributed by atoms with Crippen molar-refractivity contribution in [3.63, 3.8) is 0 Å². The molecule has 1 rings (SSSR count). The Hall–Kier alpha value is -0.260. The molecule has 1 aromatic rings. The summed E-state index contributed by atoms with van der Waals surface area (Å²) in [5.41, 5.74) is 0. The van der Waals surface area contributed by atoms with Gasteiger partial charge >= 0.3 is 0 Å². The van der Waals surface area contributed by atoms with Crippen LogP contribution in [-0.4, -0.2) is 27.2 Å². The minimum atomic E-state index is -0.753. The number of nitrogens with zero attached hydrogens (tertiary/aromatic N) is 1. The van der Waals surface area contributed by atoms with Crippen molar-refractivity contribution in [3.05, 3.63) is 16.1 Å². The van der Waals surface area contributed by atoms with E-state index in [1.165, 1.54) is 4.88 Å². The van der Waals surface area contributed by atoms with E-state index in [1.807, 2.05) is 20.0 Å². The van der Waals surface area contributed by atoms with E-state index in [1.54, 1.807) is 17.6 Å². The molecule has 0 amide bonds. The van der Waals surface area contributed by atoms with Crippen molar-refractivity contribution in [1.29, 1.82) is 0 Å². The van der Waals surface area contributed by atoms with Gasteiger partial charge < -0.3 is 5.32 Å². The summed E-state index contributed by atoms with van der Waals surface area (Å²) in [5.74, 6) is 0. The third-order valence-electron chi connectivity index (χ3n) is 2.34. The first kappa shape index (κ1) is 12.8. The molecule has 0 spiro atoms. The zero-order chi connectivity index (χ0) is 11.4. The fourth-order valence-electron chi connectivity index (χ4n) is 1.14. The largest absolute Gasteiger partial charge is 0.308 e. The van der Waals surface area contributed by atoms with Gasteiger partial charge in [-0.25, -0.2) is 4.98 Å². The number of aromatic nitrogens is 1. The molecule has 0 fully saturated rings. The fourth-order valence-corrected chi connectivity index (χ4v) is 2.28. The molecule has 3 nitrogen and oxygen atoms in total. The summed E-state index contributed by atoms with van der Waals surface area (Å²) in [4.78, 5) is 5.46. The summed E-state index contributed by atoms with van der Waals surface area (Å²) in [5, 5.41) is 4.66. The molecule has 0 bridgehead atoms. The standard InChI is InChI=1S/C10H18N2OS2/c1-7(15(4)13)5-11-8(2)10-6-12-9(3)14-10/h6-8,11H,5H2,1-4H3. The maximum atomic E-state index is 11.2. The monoisotopic (exact) mass is 246 g/mol. The van der Waals surface area contributed by atoms with Crippen LogP contribution in [0.3, 0.4) is 0 Å². The molecule has 5 heteroatoms. The van der Waals surface area contributed by atoms with E-state index in [4.69, 9.17) is 0 Å². The molecule has 0 radical (unpaired) electrons. The molecule has 0 aromatic carbocycles. The van der Waals surface area contributed by atoms with E-state index in [-0.39, 0.29) is 5.25 Å². The first-order valence-corrected chi connectivity index (χ1v) is 7.42. The van der Waals surface area contributed by atoms with Crippen molar-refractivity contribution < 1.29 is 4.21 Å². The Balaban J connectivity index is 2.43. The van der Waals surface area contributed by atoms with Gasteiger partial charge in [0, 0.05) is 46.0 Å². The van der Waals surface area contributed by atoms with Crippen molar-refractivity contribution in [3.8, 4) is 0 Å². The molecule has 1 N–H and O–H groups in total.